The summed E-state index contributed by atoms with van der Waals surface area (Å²) in [5, 5.41) is 7.72. The lowest BCUT2D eigenvalue weighted by molar-refractivity contribution is -0.0498. The summed E-state index contributed by atoms with van der Waals surface area (Å²) in [6.45, 7) is -3.05. The normalized spacial score (nSPS) is 11.5. The van der Waals surface area contributed by atoms with Crippen LogP contribution in [0.15, 0.2) is 94.7 Å². The SMILES string of the molecule is COc1cc(-c2cccc(OC(F)F)c2)c(F)cc1-n1c(=O)ccc2cc(S(=O)(=O)Nc3cccnn3)ccc21. The van der Waals surface area contributed by atoms with Crippen molar-refractivity contribution in [2.45, 2.75) is 11.5 Å². The van der Waals surface area contributed by atoms with E-state index in [0.717, 1.165) is 6.07 Å². The van der Waals surface area contributed by atoms with Crippen molar-refractivity contribution in [1.82, 2.24) is 14.8 Å². The topological polar surface area (TPSA) is 112 Å². The monoisotopic (exact) mass is 568 g/mol. The van der Waals surface area contributed by atoms with Crippen molar-refractivity contribution in [1.29, 1.82) is 0 Å². The highest BCUT2D eigenvalue weighted by Gasteiger charge is 2.20. The fraction of sp³-hybridized carbons (Fsp3) is 0.0741. The second kappa shape index (κ2) is 10.7. The zero-order valence-electron chi connectivity index (χ0n) is 20.6. The van der Waals surface area contributed by atoms with Crippen LogP contribution in [0, 0.1) is 5.82 Å². The Kier molecular flexibility index (Phi) is 7.13. The van der Waals surface area contributed by atoms with Crippen LogP contribution in [0.4, 0.5) is 19.0 Å². The number of sulfonamides is 1. The molecule has 13 heteroatoms. The lowest BCUT2D eigenvalue weighted by atomic mass is 10.0. The van der Waals surface area contributed by atoms with E-state index in [2.05, 4.69) is 19.7 Å². The van der Waals surface area contributed by atoms with Gasteiger partial charge in [0.2, 0.25) is 0 Å². The van der Waals surface area contributed by atoms with Crippen molar-refractivity contribution in [3.63, 3.8) is 0 Å². The molecule has 0 atom stereocenters. The molecule has 0 fully saturated rings. The van der Waals surface area contributed by atoms with Crippen LogP contribution in [0.5, 0.6) is 11.5 Å². The standard InChI is InChI=1S/C27H19F3N4O5S/c1-38-24-14-20(16-4-2-5-18(12-16)39-27(29)30)21(28)15-23(24)34-22-9-8-19(13-17(22)7-10-26(34)35)40(36,37)33-25-6-3-11-31-32-25/h2-15,27H,1H3,(H,32,33). The minimum Gasteiger partial charge on any atom is -0.495 e. The zero-order valence-corrected chi connectivity index (χ0v) is 21.4. The van der Waals surface area contributed by atoms with E-state index in [9.17, 15) is 22.0 Å². The third-order valence-corrected chi connectivity index (χ3v) is 7.22. The Morgan fingerprint density at radius 1 is 0.975 bits per heavy atom. The summed E-state index contributed by atoms with van der Waals surface area (Å²) in [7, 11) is -2.71. The molecule has 2 heterocycles. The maximum Gasteiger partial charge on any atom is 0.387 e. The first-order valence-electron chi connectivity index (χ1n) is 11.6. The third-order valence-electron chi connectivity index (χ3n) is 5.87. The molecule has 204 valence electrons. The van der Waals surface area contributed by atoms with Crippen molar-refractivity contribution < 1.29 is 31.1 Å². The fourth-order valence-corrected chi connectivity index (χ4v) is 5.17. The highest BCUT2D eigenvalue weighted by molar-refractivity contribution is 7.92. The van der Waals surface area contributed by atoms with Gasteiger partial charge in [-0.3, -0.25) is 14.1 Å². The van der Waals surface area contributed by atoms with Crippen molar-refractivity contribution in [2.24, 2.45) is 0 Å². The van der Waals surface area contributed by atoms with Crippen LogP contribution in [0.3, 0.4) is 0 Å². The van der Waals surface area contributed by atoms with Crippen LogP contribution in [0.1, 0.15) is 0 Å². The molecule has 3 aromatic carbocycles. The predicted molar refractivity (Wildman–Crippen MR) is 141 cm³/mol. The van der Waals surface area contributed by atoms with E-state index in [1.807, 2.05) is 0 Å². The van der Waals surface area contributed by atoms with Gasteiger partial charge in [0, 0.05) is 29.3 Å². The average molecular weight is 569 g/mol. The van der Waals surface area contributed by atoms with Gasteiger partial charge in [-0.15, -0.1) is 5.10 Å². The van der Waals surface area contributed by atoms with E-state index >= 15 is 4.39 Å². The number of alkyl halides is 2. The molecule has 0 amide bonds. The molecule has 9 nitrogen and oxygen atoms in total. The fourth-order valence-electron chi connectivity index (χ4n) is 4.13. The lowest BCUT2D eigenvalue weighted by Gasteiger charge is -2.17. The van der Waals surface area contributed by atoms with Gasteiger partial charge < -0.3 is 9.47 Å². The molecule has 5 aromatic rings. The summed E-state index contributed by atoms with van der Waals surface area (Å²) in [4.78, 5) is 12.9. The maximum atomic E-state index is 15.4. The predicted octanol–water partition coefficient (Wildman–Crippen LogP) is 5.00. The Bertz CT molecular complexity index is 1880. The first-order valence-corrected chi connectivity index (χ1v) is 13.0. The van der Waals surface area contributed by atoms with Gasteiger partial charge in [-0.2, -0.15) is 13.9 Å². The summed E-state index contributed by atoms with van der Waals surface area (Å²) in [5.41, 5.74) is 0.0724. The Labute approximate surface area is 225 Å². The smallest absolute Gasteiger partial charge is 0.387 e. The number of nitrogens with one attached hydrogen (secondary N) is 1. The van der Waals surface area contributed by atoms with Crippen LogP contribution in [0.25, 0.3) is 27.7 Å². The number of hydrogen-bond donors (Lipinski definition) is 1. The average Bonchev–Trinajstić information content (AvgIpc) is 2.93. The largest absolute Gasteiger partial charge is 0.495 e. The zero-order chi connectivity index (χ0) is 28.4. The van der Waals surface area contributed by atoms with E-state index in [-0.39, 0.29) is 44.5 Å². The van der Waals surface area contributed by atoms with Crippen LogP contribution < -0.4 is 19.8 Å². The number of pyridine rings is 1. The molecule has 0 aliphatic rings. The Morgan fingerprint density at radius 2 is 1.80 bits per heavy atom. The number of ether oxygens (including phenoxy) is 2. The summed E-state index contributed by atoms with van der Waals surface area (Å²) in [5.74, 6) is -0.785. The van der Waals surface area contributed by atoms with Crippen LogP contribution in [-0.2, 0) is 10.0 Å². The van der Waals surface area contributed by atoms with Crippen molar-refractivity contribution in [3.05, 3.63) is 101 Å². The number of benzene rings is 3. The van der Waals surface area contributed by atoms with E-state index in [1.54, 1.807) is 0 Å². The third kappa shape index (κ3) is 5.31. The molecule has 1 N–H and O–H groups in total. The van der Waals surface area contributed by atoms with E-state index < -0.39 is 28.0 Å². The minimum absolute atomic E-state index is 0.0251. The molecule has 5 rings (SSSR count). The minimum atomic E-state index is -4.04. The van der Waals surface area contributed by atoms with Crippen LogP contribution >= 0.6 is 0 Å². The molecule has 0 radical (unpaired) electrons. The molecule has 0 spiro atoms. The molecule has 0 bridgehead atoms. The molecule has 0 aliphatic carbocycles. The van der Waals surface area contributed by atoms with Gasteiger partial charge in [0.05, 0.1) is 23.2 Å². The highest BCUT2D eigenvalue weighted by Crippen LogP contribution is 2.35. The van der Waals surface area contributed by atoms with Crippen molar-refractivity contribution >= 4 is 26.7 Å². The number of aromatic nitrogens is 3. The van der Waals surface area contributed by atoms with Gasteiger partial charge in [-0.25, -0.2) is 12.8 Å². The molecule has 2 aromatic heterocycles. The molecular weight excluding hydrogens is 549 g/mol. The Morgan fingerprint density at radius 3 is 2.52 bits per heavy atom. The number of anilines is 1. The van der Waals surface area contributed by atoms with Gasteiger partial charge in [0.1, 0.15) is 17.3 Å². The summed E-state index contributed by atoms with van der Waals surface area (Å²) < 4.78 is 79.9. The Balaban J connectivity index is 1.60. The number of nitrogens with zero attached hydrogens (tertiary/aromatic N) is 3. The quantitative estimate of drug-likeness (QED) is 0.280. The van der Waals surface area contributed by atoms with Gasteiger partial charge in [-0.1, -0.05) is 12.1 Å². The molecule has 40 heavy (non-hydrogen) atoms. The molecular formula is C27H19F3N4O5S. The van der Waals surface area contributed by atoms with E-state index in [1.165, 1.54) is 90.7 Å². The summed E-state index contributed by atoms with van der Waals surface area (Å²) in [6, 6.07) is 17.6. The number of rotatable bonds is 8. The molecule has 0 unspecified atom stereocenters. The number of hydrogen-bond acceptors (Lipinski definition) is 7. The molecule has 0 saturated heterocycles. The first kappa shape index (κ1) is 26.7. The first-order chi connectivity index (χ1) is 19.2. The summed E-state index contributed by atoms with van der Waals surface area (Å²) in [6.07, 6.45) is 1.40. The van der Waals surface area contributed by atoms with Gasteiger partial charge in [-0.05, 0) is 60.2 Å². The van der Waals surface area contributed by atoms with Crippen molar-refractivity contribution in [2.75, 3.05) is 11.8 Å². The number of halogens is 3. The van der Waals surface area contributed by atoms with Gasteiger partial charge >= 0.3 is 6.61 Å². The van der Waals surface area contributed by atoms with E-state index in [4.69, 9.17) is 4.74 Å². The van der Waals surface area contributed by atoms with Crippen LogP contribution in [-0.4, -0.2) is 36.9 Å². The van der Waals surface area contributed by atoms with Crippen LogP contribution in [0.2, 0.25) is 0 Å². The maximum absolute atomic E-state index is 15.4. The van der Waals surface area contributed by atoms with E-state index in [0.29, 0.717) is 5.39 Å². The second-order valence-electron chi connectivity index (χ2n) is 8.35. The lowest BCUT2D eigenvalue weighted by Crippen LogP contribution is -2.19. The second-order valence-corrected chi connectivity index (χ2v) is 10.0. The van der Waals surface area contributed by atoms with Gasteiger partial charge in [0.25, 0.3) is 15.6 Å². The number of methoxy groups -OCH3 is 1. The highest BCUT2D eigenvalue weighted by atomic mass is 32.2. The summed E-state index contributed by atoms with van der Waals surface area (Å²) >= 11 is 0. The Hall–Kier alpha value is -4.91. The van der Waals surface area contributed by atoms with Gasteiger partial charge in [0.15, 0.2) is 5.82 Å². The molecule has 0 aliphatic heterocycles. The van der Waals surface area contributed by atoms with Crippen molar-refractivity contribution in [3.8, 4) is 28.3 Å². The molecule has 0 saturated carbocycles. The number of fused-ring (bicyclic) bond motifs is 1.